The summed E-state index contributed by atoms with van der Waals surface area (Å²) < 4.78 is 5.13. The van der Waals surface area contributed by atoms with Gasteiger partial charge in [0, 0.05) is 6.04 Å². The summed E-state index contributed by atoms with van der Waals surface area (Å²) in [6, 6.07) is 0.0260. The van der Waals surface area contributed by atoms with Crippen molar-refractivity contribution < 1.29 is 14.6 Å². The van der Waals surface area contributed by atoms with Gasteiger partial charge in [-0.25, -0.2) is 4.79 Å². The highest BCUT2D eigenvalue weighted by atomic mass is 16.5. The van der Waals surface area contributed by atoms with Crippen molar-refractivity contribution in [2.75, 3.05) is 6.61 Å². The minimum atomic E-state index is -0.923. The molecule has 0 heterocycles. The van der Waals surface area contributed by atoms with Crippen molar-refractivity contribution in [3.05, 3.63) is 0 Å². The van der Waals surface area contributed by atoms with Crippen molar-refractivity contribution >= 4 is 5.97 Å². The zero-order valence-corrected chi connectivity index (χ0v) is 7.03. The Kier molecular flexibility index (Phi) is 3.49. The first-order valence-electron chi connectivity index (χ1n) is 4.29. The summed E-state index contributed by atoms with van der Waals surface area (Å²) in [5.74, 6) is -0.923. The minimum Gasteiger partial charge on any atom is -0.480 e. The largest absolute Gasteiger partial charge is 0.480 e. The Balaban J connectivity index is 2.24. The Morgan fingerprint density at radius 3 is 2.75 bits per heavy atom. The topological polar surface area (TPSA) is 72.5 Å². The van der Waals surface area contributed by atoms with Crippen molar-refractivity contribution in [3.8, 4) is 0 Å². The van der Waals surface area contributed by atoms with Gasteiger partial charge < -0.3 is 15.6 Å². The Morgan fingerprint density at radius 2 is 2.17 bits per heavy atom. The molecule has 1 saturated carbocycles. The van der Waals surface area contributed by atoms with Gasteiger partial charge in [0.15, 0.2) is 0 Å². The van der Waals surface area contributed by atoms with Crippen LogP contribution in [0.25, 0.3) is 0 Å². The van der Waals surface area contributed by atoms with Crippen LogP contribution in [0.4, 0.5) is 0 Å². The Labute approximate surface area is 71.7 Å². The SMILES string of the molecule is NC1CCCC[C@H]1OCC(=O)O. The molecule has 0 aromatic carbocycles. The molecule has 1 unspecified atom stereocenters. The van der Waals surface area contributed by atoms with Gasteiger partial charge in [-0.05, 0) is 12.8 Å². The molecule has 0 amide bonds. The fraction of sp³-hybridized carbons (Fsp3) is 0.875. The molecule has 0 bridgehead atoms. The smallest absolute Gasteiger partial charge is 0.329 e. The van der Waals surface area contributed by atoms with E-state index in [0.717, 1.165) is 25.7 Å². The molecule has 4 nitrogen and oxygen atoms in total. The zero-order chi connectivity index (χ0) is 8.97. The standard InChI is InChI=1S/C8H15NO3/c9-6-3-1-2-4-7(6)12-5-8(10)11/h6-7H,1-5,9H2,(H,10,11)/t6?,7-/m1/s1. The van der Waals surface area contributed by atoms with Crippen LogP contribution in [0.2, 0.25) is 0 Å². The van der Waals surface area contributed by atoms with Crippen LogP contribution in [0.1, 0.15) is 25.7 Å². The second-order valence-electron chi connectivity index (χ2n) is 3.19. The van der Waals surface area contributed by atoms with E-state index in [9.17, 15) is 4.79 Å². The van der Waals surface area contributed by atoms with E-state index in [4.69, 9.17) is 15.6 Å². The van der Waals surface area contributed by atoms with E-state index in [0.29, 0.717) is 0 Å². The van der Waals surface area contributed by atoms with E-state index in [1.807, 2.05) is 0 Å². The number of aliphatic carboxylic acids is 1. The predicted molar refractivity (Wildman–Crippen MR) is 43.8 cm³/mol. The normalized spacial score (nSPS) is 30.1. The monoisotopic (exact) mass is 173 g/mol. The van der Waals surface area contributed by atoms with Crippen LogP contribution in [0.3, 0.4) is 0 Å². The summed E-state index contributed by atoms with van der Waals surface area (Å²) in [5, 5.41) is 8.36. The lowest BCUT2D eigenvalue weighted by Crippen LogP contribution is -2.40. The summed E-state index contributed by atoms with van der Waals surface area (Å²) >= 11 is 0. The van der Waals surface area contributed by atoms with E-state index in [1.165, 1.54) is 0 Å². The Bertz CT molecular complexity index is 160. The molecule has 12 heavy (non-hydrogen) atoms. The number of ether oxygens (including phenoxy) is 1. The van der Waals surface area contributed by atoms with Gasteiger partial charge in [0.05, 0.1) is 6.10 Å². The van der Waals surface area contributed by atoms with Crippen LogP contribution >= 0.6 is 0 Å². The van der Waals surface area contributed by atoms with Crippen molar-refractivity contribution in [2.24, 2.45) is 5.73 Å². The molecule has 0 aromatic heterocycles. The third-order valence-electron chi connectivity index (χ3n) is 2.17. The van der Waals surface area contributed by atoms with E-state index < -0.39 is 5.97 Å². The van der Waals surface area contributed by atoms with Gasteiger partial charge in [0.1, 0.15) is 6.61 Å². The molecule has 0 radical (unpaired) electrons. The highest BCUT2D eigenvalue weighted by Crippen LogP contribution is 2.19. The lowest BCUT2D eigenvalue weighted by molar-refractivity contribution is -0.145. The van der Waals surface area contributed by atoms with E-state index in [-0.39, 0.29) is 18.8 Å². The van der Waals surface area contributed by atoms with Gasteiger partial charge in [-0.1, -0.05) is 12.8 Å². The highest BCUT2D eigenvalue weighted by Gasteiger charge is 2.22. The van der Waals surface area contributed by atoms with E-state index >= 15 is 0 Å². The van der Waals surface area contributed by atoms with Crippen molar-refractivity contribution in [1.29, 1.82) is 0 Å². The summed E-state index contributed by atoms with van der Waals surface area (Å²) in [7, 11) is 0. The molecule has 0 saturated heterocycles. The second kappa shape index (κ2) is 4.42. The molecule has 0 aromatic rings. The molecule has 2 atom stereocenters. The molecule has 0 spiro atoms. The van der Waals surface area contributed by atoms with Gasteiger partial charge in [-0.15, -0.1) is 0 Å². The molecule has 4 heteroatoms. The number of rotatable bonds is 3. The summed E-state index contributed by atoms with van der Waals surface area (Å²) in [6.07, 6.45) is 4.03. The first-order valence-corrected chi connectivity index (χ1v) is 4.29. The van der Waals surface area contributed by atoms with Crippen LogP contribution in [0, 0.1) is 0 Å². The molecule has 1 rings (SSSR count). The average Bonchev–Trinajstić information content (AvgIpc) is 2.03. The Hall–Kier alpha value is -0.610. The predicted octanol–water partition coefficient (Wildman–Crippen LogP) is 0.357. The fourth-order valence-corrected chi connectivity index (χ4v) is 1.51. The van der Waals surface area contributed by atoms with Crippen LogP contribution in [-0.2, 0) is 9.53 Å². The zero-order valence-electron chi connectivity index (χ0n) is 7.03. The molecule has 0 aliphatic heterocycles. The molecule has 1 aliphatic rings. The molecular formula is C8H15NO3. The summed E-state index contributed by atoms with van der Waals surface area (Å²) in [4.78, 5) is 10.2. The first kappa shape index (κ1) is 9.48. The van der Waals surface area contributed by atoms with E-state index in [2.05, 4.69) is 0 Å². The molecule has 3 N–H and O–H groups in total. The Morgan fingerprint density at radius 1 is 1.50 bits per heavy atom. The van der Waals surface area contributed by atoms with Gasteiger partial charge in [0.25, 0.3) is 0 Å². The molecule has 1 fully saturated rings. The van der Waals surface area contributed by atoms with Gasteiger partial charge in [-0.3, -0.25) is 0 Å². The lowest BCUT2D eigenvalue weighted by Gasteiger charge is -2.27. The number of hydrogen-bond acceptors (Lipinski definition) is 3. The van der Waals surface area contributed by atoms with Crippen LogP contribution < -0.4 is 5.73 Å². The average molecular weight is 173 g/mol. The number of carboxylic acids is 1. The highest BCUT2D eigenvalue weighted by molar-refractivity contribution is 5.68. The number of carbonyl (C=O) groups is 1. The number of hydrogen-bond donors (Lipinski definition) is 2. The summed E-state index contributed by atoms with van der Waals surface area (Å²) in [6.45, 7) is -0.224. The molecule has 1 aliphatic carbocycles. The maximum absolute atomic E-state index is 10.2. The second-order valence-corrected chi connectivity index (χ2v) is 3.19. The van der Waals surface area contributed by atoms with Gasteiger partial charge in [0.2, 0.25) is 0 Å². The van der Waals surface area contributed by atoms with Crippen molar-refractivity contribution in [1.82, 2.24) is 0 Å². The molecule has 70 valence electrons. The van der Waals surface area contributed by atoms with Crippen molar-refractivity contribution in [3.63, 3.8) is 0 Å². The summed E-state index contributed by atoms with van der Waals surface area (Å²) in [5.41, 5.74) is 5.75. The fourth-order valence-electron chi connectivity index (χ4n) is 1.51. The van der Waals surface area contributed by atoms with Crippen molar-refractivity contribution in [2.45, 2.75) is 37.8 Å². The number of nitrogens with two attached hydrogens (primary N) is 1. The van der Waals surface area contributed by atoms with Crippen LogP contribution in [-0.4, -0.2) is 29.8 Å². The third kappa shape index (κ3) is 2.79. The van der Waals surface area contributed by atoms with Crippen LogP contribution in [0.5, 0.6) is 0 Å². The van der Waals surface area contributed by atoms with Gasteiger partial charge in [-0.2, -0.15) is 0 Å². The third-order valence-corrected chi connectivity index (χ3v) is 2.17. The first-order chi connectivity index (χ1) is 5.70. The maximum Gasteiger partial charge on any atom is 0.329 e. The van der Waals surface area contributed by atoms with E-state index in [1.54, 1.807) is 0 Å². The quantitative estimate of drug-likeness (QED) is 0.646. The number of carboxylic acid groups (broad SMARTS) is 1. The maximum atomic E-state index is 10.2. The van der Waals surface area contributed by atoms with Crippen LogP contribution in [0.15, 0.2) is 0 Å². The minimum absolute atomic E-state index is 0.0260. The lowest BCUT2D eigenvalue weighted by atomic mass is 9.93. The van der Waals surface area contributed by atoms with Gasteiger partial charge >= 0.3 is 5.97 Å². The molecular weight excluding hydrogens is 158 g/mol.